The summed E-state index contributed by atoms with van der Waals surface area (Å²) in [7, 11) is 0. The van der Waals surface area contributed by atoms with E-state index in [4.69, 9.17) is 10.5 Å². The van der Waals surface area contributed by atoms with Gasteiger partial charge in [0.25, 0.3) is 5.91 Å². The number of unbranched alkanes of at least 4 members (excludes halogenated alkanes) is 1. The van der Waals surface area contributed by atoms with Crippen molar-refractivity contribution in [2.75, 3.05) is 17.7 Å². The van der Waals surface area contributed by atoms with E-state index in [1.807, 2.05) is 19.1 Å². The Kier molecular flexibility index (Phi) is 5.36. The van der Waals surface area contributed by atoms with Gasteiger partial charge in [-0.15, -0.1) is 0 Å². The lowest BCUT2D eigenvalue weighted by atomic mass is 10.2. The molecule has 0 bridgehead atoms. The summed E-state index contributed by atoms with van der Waals surface area (Å²) in [5.74, 6) is 0.754. The maximum Gasteiger partial charge on any atom is 0.259 e. The molecule has 0 aliphatic heterocycles. The van der Waals surface area contributed by atoms with E-state index in [9.17, 15) is 4.79 Å². The number of anilines is 2. The minimum Gasteiger partial charge on any atom is -0.494 e. The first-order valence-corrected chi connectivity index (χ1v) is 7.37. The maximum absolute atomic E-state index is 12.2. The summed E-state index contributed by atoms with van der Waals surface area (Å²) in [4.78, 5) is 16.3. The number of nitrogens with one attached hydrogen (secondary N) is 1. The normalized spacial score (nSPS) is 10.3. The van der Waals surface area contributed by atoms with Crippen LogP contribution in [0.1, 0.15) is 35.8 Å². The number of carbonyl (C=O) groups is 1. The van der Waals surface area contributed by atoms with Crippen LogP contribution in [0, 0.1) is 6.92 Å². The highest BCUT2D eigenvalue weighted by molar-refractivity contribution is 6.07. The van der Waals surface area contributed by atoms with Crippen molar-refractivity contribution >= 4 is 17.4 Å². The monoisotopic (exact) mass is 299 g/mol. The van der Waals surface area contributed by atoms with Crippen LogP contribution in [0.2, 0.25) is 0 Å². The van der Waals surface area contributed by atoms with Crippen molar-refractivity contribution in [3.05, 3.63) is 47.7 Å². The molecule has 0 unspecified atom stereocenters. The second-order valence-electron chi connectivity index (χ2n) is 5.07. The number of carbonyl (C=O) groups excluding carboxylic acids is 1. The van der Waals surface area contributed by atoms with Crippen molar-refractivity contribution in [1.82, 2.24) is 4.98 Å². The van der Waals surface area contributed by atoms with Gasteiger partial charge < -0.3 is 15.8 Å². The van der Waals surface area contributed by atoms with Gasteiger partial charge in [0, 0.05) is 11.4 Å². The smallest absolute Gasteiger partial charge is 0.259 e. The summed E-state index contributed by atoms with van der Waals surface area (Å²) in [6.07, 6.45) is 2.12. The molecule has 2 aromatic rings. The molecule has 116 valence electrons. The lowest BCUT2D eigenvalue weighted by Crippen LogP contribution is -2.15. The molecular weight excluding hydrogens is 278 g/mol. The fourth-order valence-corrected chi connectivity index (χ4v) is 1.94. The number of nitrogens with zero attached hydrogens (tertiary/aromatic N) is 1. The molecule has 2 rings (SSSR count). The molecule has 0 saturated heterocycles. The SMILES string of the molecule is CCCCOc1ccc(NC(=O)c2ccc(C)nc2N)cc1. The van der Waals surface area contributed by atoms with Crippen molar-refractivity contribution < 1.29 is 9.53 Å². The molecule has 0 saturated carbocycles. The van der Waals surface area contributed by atoms with Crippen molar-refractivity contribution in [1.29, 1.82) is 0 Å². The minimum atomic E-state index is -0.273. The Bertz CT molecular complexity index is 639. The van der Waals surface area contributed by atoms with Crippen molar-refractivity contribution in [2.24, 2.45) is 0 Å². The zero-order valence-corrected chi connectivity index (χ0v) is 12.9. The summed E-state index contributed by atoms with van der Waals surface area (Å²) >= 11 is 0. The maximum atomic E-state index is 12.2. The van der Waals surface area contributed by atoms with E-state index in [-0.39, 0.29) is 11.7 Å². The van der Waals surface area contributed by atoms with Gasteiger partial charge in [-0.25, -0.2) is 4.98 Å². The Labute approximate surface area is 130 Å². The molecule has 0 atom stereocenters. The van der Waals surface area contributed by atoms with Crippen LogP contribution in [0.5, 0.6) is 5.75 Å². The number of benzene rings is 1. The third-order valence-electron chi connectivity index (χ3n) is 3.19. The number of hydrogen-bond donors (Lipinski definition) is 2. The third kappa shape index (κ3) is 4.22. The van der Waals surface area contributed by atoms with E-state index in [1.165, 1.54) is 0 Å². The number of ether oxygens (including phenoxy) is 1. The molecule has 1 amide bonds. The second-order valence-corrected chi connectivity index (χ2v) is 5.07. The molecule has 1 aromatic heterocycles. The summed E-state index contributed by atoms with van der Waals surface area (Å²) < 4.78 is 5.58. The highest BCUT2D eigenvalue weighted by atomic mass is 16.5. The lowest BCUT2D eigenvalue weighted by molar-refractivity contribution is 0.102. The molecule has 3 N–H and O–H groups in total. The van der Waals surface area contributed by atoms with Gasteiger partial charge in [-0.3, -0.25) is 4.79 Å². The Hall–Kier alpha value is -2.56. The number of pyridine rings is 1. The van der Waals surface area contributed by atoms with Gasteiger partial charge >= 0.3 is 0 Å². The van der Waals surface area contributed by atoms with Gasteiger partial charge in [-0.2, -0.15) is 0 Å². The van der Waals surface area contributed by atoms with Crippen LogP contribution < -0.4 is 15.8 Å². The van der Waals surface area contributed by atoms with E-state index >= 15 is 0 Å². The van der Waals surface area contributed by atoms with E-state index in [0.29, 0.717) is 17.9 Å². The molecule has 0 radical (unpaired) electrons. The summed E-state index contributed by atoms with van der Waals surface area (Å²) in [5, 5.41) is 2.80. The standard InChI is InChI=1S/C17H21N3O2/c1-3-4-11-22-14-8-6-13(7-9-14)20-17(21)15-10-5-12(2)19-16(15)18/h5-10H,3-4,11H2,1-2H3,(H2,18,19)(H,20,21). The van der Waals surface area contributed by atoms with Gasteiger partial charge in [-0.1, -0.05) is 13.3 Å². The summed E-state index contributed by atoms with van der Waals surface area (Å²) in [6, 6.07) is 10.7. The van der Waals surface area contributed by atoms with Crippen molar-refractivity contribution in [3.63, 3.8) is 0 Å². The number of aromatic nitrogens is 1. The molecule has 1 aromatic carbocycles. The molecule has 0 spiro atoms. The van der Waals surface area contributed by atoms with E-state index in [1.54, 1.807) is 24.3 Å². The predicted molar refractivity (Wildman–Crippen MR) is 88.2 cm³/mol. The molecule has 5 nitrogen and oxygen atoms in total. The van der Waals surface area contributed by atoms with Gasteiger partial charge in [0.2, 0.25) is 0 Å². The van der Waals surface area contributed by atoms with E-state index in [2.05, 4.69) is 17.2 Å². The Balaban J connectivity index is 1.99. The summed E-state index contributed by atoms with van der Waals surface area (Å²) in [5.41, 5.74) is 7.61. The number of rotatable bonds is 6. The highest BCUT2D eigenvalue weighted by Gasteiger charge is 2.11. The highest BCUT2D eigenvalue weighted by Crippen LogP contribution is 2.18. The quantitative estimate of drug-likeness (QED) is 0.801. The first-order chi connectivity index (χ1) is 10.6. The number of nitrogen functional groups attached to an aromatic ring is 1. The van der Waals surface area contributed by atoms with Crippen molar-refractivity contribution in [2.45, 2.75) is 26.7 Å². The molecule has 5 heteroatoms. The molecule has 22 heavy (non-hydrogen) atoms. The van der Waals surface area contributed by atoms with Crippen LogP contribution >= 0.6 is 0 Å². The summed E-state index contributed by atoms with van der Waals surface area (Å²) in [6.45, 7) is 4.65. The van der Waals surface area contributed by atoms with Crippen LogP contribution in [0.4, 0.5) is 11.5 Å². The third-order valence-corrected chi connectivity index (χ3v) is 3.19. The van der Waals surface area contributed by atoms with Crippen LogP contribution in [0.25, 0.3) is 0 Å². The molecule has 0 aliphatic carbocycles. The Morgan fingerprint density at radius 3 is 2.59 bits per heavy atom. The fraction of sp³-hybridized carbons (Fsp3) is 0.294. The van der Waals surface area contributed by atoms with Crippen molar-refractivity contribution in [3.8, 4) is 5.75 Å². The van der Waals surface area contributed by atoms with Gasteiger partial charge in [-0.05, 0) is 49.7 Å². The zero-order chi connectivity index (χ0) is 15.9. The van der Waals surface area contributed by atoms with E-state index in [0.717, 1.165) is 24.3 Å². The van der Waals surface area contributed by atoms with Crippen LogP contribution in [-0.4, -0.2) is 17.5 Å². The molecule has 0 fully saturated rings. The van der Waals surface area contributed by atoms with E-state index < -0.39 is 0 Å². The van der Waals surface area contributed by atoms with Crippen LogP contribution in [0.3, 0.4) is 0 Å². The number of nitrogens with two attached hydrogens (primary N) is 1. The molecular formula is C17H21N3O2. The lowest BCUT2D eigenvalue weighted by Gasteiger charge is -2.09. The largest absolute Gasteiger partial charge is 0.494 e. The average Bonchev–Trinajstić information content (AvgIpc) is 2.49. The second kappa shape index (κ2) is 7.45. The Morgan fingerprint density at radius 1 is 1.23 bits per heavy atom. The van der Waals surface area contributed by atoms with Crippen LogP contribution in [-0.2, 0) is 0 Å². The molecule has 1 heterocycles. The fourth-order valence-electron chi connectivity index (χ4n) is 1.94. The van der Waals surface area contributed by atoms with Gasteiger partial charge in [0.05, 0.1) is 12.2 Å². The predicted octanol–water partition coefficient (Wildman–Crippen LogP) is 3.40. The zero-order valence-electron chi connectivity index (χ0n) is 12.9. The Morgan fingerprint density at radius 2 is 1.95 bits per heavy atom. The first-order valence-electron chi connectivity index (χ1n) is 7.37. The number of hydrogen-bond acceptors (Lipinski definition) is 4. The van der Waals surface area contributed by atoms with Gasteiger partial charge in [0.1, 0.15) is 11.6 Å². The van der Waals surface area contributed by atoms with Gasteiger partial charge in [0.15, 0.2) is 0 Å². The topological polar surface area (TPSA) is 77.2 Å². The molecule has 0 aliphatic rings. The minimum absolute atomic E-state index is 0.233. The number of amides is 1. The first kappa shape index (κ1) is 15.8. The van der Waals surface area contributed by atoms with Crippen LogP contribution in [0.15, 0.2) is 36.4 Å². The number of aryl methyl sites for hydroxylation is 1. The average molecular weight is 299 g/mol.